The molecule has 108 valence electrons. The molecule has 1 saturated carbocycles. The lowest BCUT2D eigenvalue weighted by molar-refractivity contribution is -0.126. The summed E-state index contributed by atoms with van der Waals surface area (Å²) in [4.78, 5) is 26.1. The van der Waals surface area contributed by atoms with Crippen LogP contribution in [0.15, 0.2) is 0 Å². The van der Waals surface area contributed by atoms with Crippen LogP contribution in [-0.2, 0) is 9.59 Å². The lowest BCUT2D eigenvalue weighted by atomic mass is 9.95. The van der Waals surface area contributed by atoms with Crippen molar-refractivity contribution in [1.29, 1.82) is 0 Å². The maximum atomic E-state index is 12.0. The van der Waals surface area contributed by atoms with Gasteiger partial charge in [-0.15, -0.1) is 0 Å². The molecule has 0 aromatic rings. The summed E-state index contributed by atoms with van der Waals surface area (Å²) in [6.07, 6.45) is 4.96. The first-order valence-electron chi connectivity index (χ1n) is 7.44. The van der Waals surface area contributed by atoms with Crippen molar-refractivity contribution in [3.05, 3.63) is 0 Å². The van der Waals surface area contributed by atoms with Gasteiger partial charge in [0.2, 0.25) is 5.91 Å². The molecule has 0 aromatic heterocycles. The summed E-state index contributed by atoms with van der Waals surface area (Å²) >= 11 is 0. The lowest BCUT2D eigenvalue weighted by Gasteiger charge is -2.29. The zero-order chi connectivity index (χ0) is 14.0. The van der Waals surface area contributed by atoms with Crippen molar-refractivity contribution in [2.45, 2.75) is 64.5 Å². The summed E-state index contributed by atoms with van der Waals surface area (Å²) in [6, 6.07) is 0.306. The second kappa shape index (κ2) is 5.61. The van der Waals surface area contributed by atoms with E-state index in [2.05, 4.69) is 10.2 Å². The second-order valence-corrected chi connectivity index (χ2v) is 6.94. The van der Waals surface area contributed by atoms with E-state index in [0.717, 1.165) is 38.6 Å². The zero-order valence-corrected chi connectivity index (χ0v) is 12.4. The van der Waals surface area contributed by atoms with Crippen LogP contribution < -0.4 is 5.32 Å². The highest BCUT2D eigenvalue weighted by Gasteiger charge is 2.38. The van der Waals surface area contributed by atoms with Gasteiger partial charge in [0, 0.05) is 23.9 Å². The standard InChI is InChI=1S/C15H26N2O2/c1-15(2,3)16-14(19)10-17-9-5-7-12(17)11-6-4-8-13(11)18/h11-12H,4-10H2,1-3H3,(H,16,19). The number of nitrogens with zero attached hydrogens (tertiary/aromatic N) is 1. The van der Waals surface area contributed by atoms with Crippen molar-refractivity contribution >= 4 is 11.7 Å². The lowest BCUT2D eigenvalue weighted by Crippen LogP contribution is -2.48. The van der Waals surface area contributed by atoms with Gasteiger partial charge in [0.15, 0.2) is 0 Å². The molecular formula is C15H26N2O2. The minimum atomic E-state index is -0.185. The molecule has 0 bridgehead atoms. The smallest absolute Gasteiger partial charge is 0.234 e. The van der Waals surface area contributed by atoms with Crippen LogP contribution in [0.4, 0.5) is 0 Å². The fraction of sp³-hybridized carbons (Fsp3) is 0.867. The highest BCUT2D eigenvalue weighted by Crippen LogP contribution is 2.32. The summed E-state index contributed by atoms with van der Waals surface area (Å²) in [7, 11) is 0. The quantitative estimate of drug-likeness (QED) is 0.846. The van der Waals surface area contributed by atoms with E-state index in [1.165, 1.54) is 0 Å². The van der Waals surface area contributed by atoms with Crippen molar-refractivity contribution in [2.24, 2.45) is 5.92 Å². The van der Waals surface area contributed by atoms with Crippen LogP contribution in [0, 0.1) is 5.92 Å². The fourth-order valence-corrected chi connectivity index (χ4v) is 3.40. The number of amides is 1. The van der Waals surface area contributed by atoms with Crippen LogP contribution in [0.5, 0.6) is 0 Å². The molecule has 19 heavy (non-hydrogen) atoms. The average Bonchev–Trinajstić information content (AvgIpc) is 2.83. The minimum Gasteiger partial charge on any atom is -0.350 e. The van der Waals surface area contributed by atoms with Gasteiger partial charge in [0.05, 0.1) is 6.54 Å². The molecule has 1 aliphatic carbocycles. The van der Waals surface area contributed by atoms with Crippen molar-refractivity contribution in [3.63, 3.8) is 0 Å². The Bertz CT molecular complexity index is 360. The molecule has 2 unspecified atom stereocenters. The molecule has 2 aliphatic rings. The zero-order valence-electron chi connectivity index (χ0n) is 12.4. The number of rotatable bonds is 3. The van der Waals surface area contributed by atoms with Crippen LogP contribution in [0.3, 0.4) is 0 Å². The monoisotopic (exact) mass is 266 g/mol. The van der Waals surface area contributed by atoms with Crippen LogP contribution in [0.2, 0.25) is 0 Å². The largest absolute Gasteiger partial charge is 0.350 e. The Labute approximate surface area is 115 Å². The van der Waals surface area contributed by atoms with E-state index >= 15 is 0 Å². The first kappa shape index (κ1) is 14.5. The van der Waals surface area contributed by atoms with E-state index in [1.54, 1.807) is 0 Å². The number of likely N-dealkylation sites (tertiary alicyclic amines) is 1. The van der Waals surface area contributed by atoms with E-state index in [-0.39, 0.29) is 17.4 Å². The van der Waals surface area contributed by atoms with Crippen LogP contribution in [0.1, 0.15) is 52.9 Å². The fourth-order valence-electron chi connectivity index (χ4n) is 3.40. The van der Waals surface area contributed by atoms with E-state index in [9.17, 15) is 9.59 Å². The summed E-state index contributed by atoms with van der Waals surface area (Å²) in [5.41, 5.74) is -0.185. The van der Waals surface area contributed by atoms with Gasteiger partial charge in [0.25, 0.3) is 0 Å². The maximum absolute atomic E-state index is 12.0. The molecule has 2 fully saturated rings. The summed E-state index contributed by atoms with van der Waals surface area (Å²) < 4.78 is 0. The van der Waals surface area contributed by atoms with Gasteiger partial charge < -0.3 is 5.32 Å². The number of carbonyl (C=O) groups is 2. The molecule has 4 nitrogen and oxygen atoms in total. The van der Waals surface area contributed by atoms with Gasteiger partial charge in [0.1, 0.15) is 5.78 Å². The highest BCUT2D eigenvalue weighted by molar-refractivity contribution is 5.84. The molecule has 1 N–H and O–H groups in total. The molecule has 0 radical (unpaired) electrons. The predicted octanol–water partition coefficient (Wildman–Crippen LogP) is 1.73. The molecule has 1 heterocycles. The van der Waals surface area contributed by atoms with E-state index < -0.39 is 0 Å². The van der Waals surface area contributed by atoms with Crippen molar-refractivity contribution in [3.8, 4) is 0 Å². The first-order valence-corrected chi connectivity index (χ1v) is 7.44. The Balaban J connectivity index is 1.92. The van der Waals surface area contributed by atoms with Gasteiger partial charge in [-0.25, -0.2) is 0 Å². The molecule has 4 heteroatoms. The molecule has 2 atom stereocenters. The number of hydrogen-bond donors (Lipinski definition) is 1. The van der Waals surface area contributed by atoms with Gasteiger partial charge in [-0.2, -0.15) is 0 Å². The van der Waals surface area contributed by atoms with Gasteiger partial charge in [-0.05, 0) is 53.0 Å². The normalized spacial score (nSPS) is 28.9. The molecular weight excluding hydrogens is 240 g/mol. The minimum absolute atomic E-state index is 0.0739. The second-order valence-electron chi connectivity index (χ2n) is 6.94. The average molecular weight is 266 g/mol. The van der Waals surface area contributed by atoms with Gasteiger partial charge >= 0.3 is 0 Å². The van der Waals surface area contributed by atoms with Gasteiger partial charge in [-0.1, -0.05) is 0 Å². The topological polar surface area (TPSA) is 49.4 Å². The third-order valence-corrected chi connectivity index (χ3v) is 4.09. The number of hydrogen-bond acceptors (Lipinski definition) is 3. The molecule has 1 amide bonds. The van der Waals surface area contributed by atoms with E-state index in [1.807, 2.05) is 20.8 Å². The van der Waals surface area contributed by atoms with E-state index in [0.29, 0.717) is 18.4 Å². The third-order valence-electron chi connectivity index (χ3n) is 4.09. The Morgan fingerprint density at radius 2 is 2.05 bits per heavy atom. The van der Waals surface area contributed by atoms with Crippen molar-refractivity contribution in [2.75, 3.05) is 13.1 Å². The number of nitrogens with one attached hydrogen (secondary N) is 1. The number of Topliss-reactive ketones (excluding diaryl/α,β-unsaturated/α-hetero) is 1. The van der Waals surface area contributed by atoms with Gasteiger partial charge in [-0.3, -0.25) is 14.5 Å². The summed E-state index contributed by atoms with van der Waals surface area (Å²) in [5.74, 6) is 0.669. The summed E-state index contributed by atoms with van der Waals surface area (Å²) in [6.45, 7) is 7.37. The summed E-state index contributed by atoms with van der Waals surface area (Å²) in [5, 5.41) is 3.00. The molecule has 0 aromatic carbocycles. The molecule has 1 aliphatic heterocycles. The molecule has 2 rings (SSSR count). The predicted molar refractivity (Wildman–Crippen MR) is 74.8 cm³/mol. The van der Waals surface area contributed by atoms with Crippen LogP contribution >= 0.6 is 0 Å². The number of carbonyl (C=O) groups excluding carboxylic acids is 2. The molecule has 1 saturated heterocycles. The highest BCUT2D eigenvalue weighted by atomic mass is 16.2. The SMILES string of the molecule is CC(C)(C)NC(=O)CN1CCCC1C1CCCC1=O. The molecule has 0 spiro atoms. The Morgan fingerprint density at radius 3 is 2.63 bits per heavy atom. The van der Waals surface area contributed by atoms with Crippen molar-refractivity contribution in [1.82, 2.24) is 10.2 Å². The Morgan fingerprint density at radius 1 is 1.32 bits per heavy atom. The Hall–Kier alpha value is -0.900. The van der Waals surface area contributed by atoms with Crippen LogP contribution in [-0.4, -0.2) is 41.3 Å². The maximum Gasteiger partial charge on any atom is 0.234 e. The van der Waals surface area contributed by atoms with E-state index in [4.69, 9.17) is 0 Å². The Kier molecular flexibility index (Phi) is 4.29. The van der Waals surface area contributed by atoms with Crippen molar-refractivity contribution < 1.29 is 9.59 Å². The van der Waals surface area contributed by atoms with Crippen LogP contribution in [0.25, 0.3) is 0 Å². The third kappa shape index (κ3) is 3.78. The number of ketones is 1. The first-order chi connectivity index (χ1) is 8.87.